The van der Waals surface area contributed by atoms with Gasteiger partial charge in [0.2, 0.25) is 5.91 Å². The second-order valence-corrected chi connectivity index (χ2v) is 6.81. The number of amides is 3. The van der Waals surface area contributed by atoms with Crippen LogP contribution in [0.5, 0.6) is 0 Å². The summed E-state index contributed by atoms with van der Waals surface area (Å²) in [6, 6.07) is -1.48. The first-order chi connectivity index (χ1) is 9.97. The van der Waals surface area contributed by atoms with Crippen molar-refractivity contribution in [2.45, 2.75) is 36.5 Å². The topological polar surface area (TPSA) is 98.7 Å². The molecule has 8 heteroatoms. The van der Waals surface area contributed by atoms with Crippen LogP contribution in [-0.4, -0.2) is 64.6 Å². The molecule has 0 aromatic carbocycles. The first kappa shape index (κ1) is 15.9. The highest BCUT2D eigenvalue weighted by Gasteiger charge is 2.37. The molecule has 1 saturated heterocycles. The van der Waals surface area contributed by atoms with Gasteiger partial charge in [-0.05, 0) is 19.1 Å². The summed E-state index contributed by atoms with van der Waals surface area (Å²) >= 11 is 1.75. The number of rotatable bonds is 4. The Bertz CT molecular complexity index is 437. The highest BCUT2D eigenvalue weighted by molar-refractivity contribution is 8.00. The maximum atomic E-state index is 12.2. The van der Waals surface area contributed by atoms with Crippen molar-refractivity contribution in [1.29, 1.82) is 0 Å². The third-order valence-electron chi connectivity index (χ3n) is 4.24. The molecule has 1 atom stereocenters. The monoisotopic (exact) mass is 315 g/mol. The Hall–Kier alpha value is -1.44. The van der Waals surface area contributed by atoms with Crippen LogP contribution >= 0.6 is 11.8 Å². The maximum absolute atomic E-state index is 12.2. The predicted molar refractivity (Wildman–Crippen MR) is 79.3 cm³/mol. The van der Waals surface area contributed by atoms with Gasteiger partial charge in [0.15, 0.2) is 0 Å². The Morgan fingerprint density at radius 3 is 2.71 bits per heavy atom. The number of nitrogens with zero attached hydrogens (tertiary/aromatic N) is 1. The van der Waals surface area contributed by atoms with Gasteiger partial charge in [-0.3, -0.25) is 9.69 Å². The zero-order valence-electron chi connectivity index (χ0n) is 12.1. The summed E-state index contributed by atoms with van der Waals surface area (Å²) in [7, 11) is 0. The van der Waals surface area contributed by atoms with Gasteiger partial charge in [-0.25, -0.2) is 9.59 Å². The van der Waals surface area contributed by atoms with E-state index in [0.717, 1.165) is 30.6 Å². The summed E-state index contributed by atoms with van der Waals surface area (Å²) in [5, 5.41) is 14.4. The third-order valence-corrected chi connectivity index (χ3v) is 5.66. The van der Waals surface area contributed by atoms with Crippen LogP contribution in [0.25, 0.3) is 0 Å². The number of thioether (sulfide) groups is 1. The van der Waals surface area contributed by atoms with Crippen LogP contribution in [0.3, 0.4) is 0 Å². The molecule has 1 heterocycles. The molecule has 3 amide bonds. The highest BCUT2D eigenvalue weighted by atomic mass is 32.2. The molecule has 0 spiro atoms. The molecule has 0 bridgehead atoms. The second-order valence-electron chi connectivity index (χ2n) is 5.54. The van der Waals surface area contributed by atoms with Gasteiger partial charge in [0.25, 0.3) is 0 Å². The van der Waals surface area contributed by atoms with Gasteiger partial charge in [-0.15, -0.1) is 0 Å². The number of carboxylic acids is 1. The van der Waals surface area contributed by atoms with Crippen molar-refractivity contribution in [1.82, 2.24) is 15.5 Å². The average Bonchev–Trinajstić information content (AvgIpc) is 2.94. The van der Waals surface area contributed by atoms with Crippen molar-refractivity contribution in [2.75, 3.05) is 25.9 Å². The van der Waals surface area contributed by atoms with Crippen molar-refractivity contribution in [2.24, 2.45) is 0 Å². The van der Waals surface area contributed by atoms with Crippen molar-refractivity contribution in [3.8, 4) is 0 Å². The normalized spacial score (nSPS) is 24.5. The number of aliphatic carboxylic acids is 1. The molecule has 3 N–H and O–H groups in total. The van der Waals surface area contributed by atoms with Crippen LogP contribution in [0.1, 0.15) is 25.7 Å². The van der Waals surface area contributed by atoms with Crippen LogP contribution < -0.4 is 10.6 Å². The van der Waals surface area contributed by atoms with Gasteiger partial charge in [0.1, 0.15) is 12.6 Å². The van der Waals surface area contributed by atoms with Gasteiger partial charge in [0, 0.05) is 17.8 Å². The molecule has 1 unspecified atom stereocenters. The molecule has 1 aliphatic heterocycles. The quantitative estimate of drug-likeness (QED) is 0.691. The number of carboxylic acid groups (broad SMARTS) is 1. The summed E-state index contributed by atoms with van der Waals surface area (Å²) in [4.78, 5) is 35.9. The number of carbonyl (C=O) groups is 3. The predicted octanol–water partition coefficient (Wildman–Crippen LogP) is 0.257. The van der Waals surface area contributed by atoms with E-state index in [2.05, 4.69) is 10.6 Å². The molecule has 0 aromatic heterocycles. The Morgan fingerprint density at radius 2 is 2.14 bits per heavy atom. The standard InChI is InChI=1S/C13H21N3O4S/c1-21-13(4-2-3-5-13)8-15-12(20)16-7-10(17)14-6-9(16)11(18)19/h9H,2-8H2,1H3,(H,14,17)(H,15,20)(H,18,19). The first-order valence-electron chi connectivity index (χ1n) is 7.06. The third kappa shape index (κ3) is 3.61. The smallest absolute Gasteiger partial charge is 0.328 e. The molecule has 0 radical (unpaired) electrons. The van der Waals surface area contributed by atoms with Crippen LogP contribution in [0.15, 0.2) is 0 Å². The van der Waals surface area contributed by atoms with Crippen molar-refractivity contribution in [3.63, 3.8) is 0 Å². The van der Waals surface area contributed by atoms with Crippen LogP contribution in [-0.2, 0) is 9.59 Å². The van der Waals surface area contributed by atoms with Crippen LogP contribution in [0, 0.1) is 0 Å². The highest BCUT2D eigenvalue weighted by Crippen LogP contribution is 2.39. The van der Waals surface area contributed by atoms with Gasteiger partial charge in [-0.2, -0.15) is 11.8 Å². The summed E-state index contributed by atoms with van der Waals surface area (Å²) in [5.74, 6) is -1.44. The summed E-state index contributed by atoms with van der Waals surface area (Å²) in [6.45, 7) is 0.252. The second kappa shape index (κ2) is 6.55. The summed E-state index contributed by atoms with van der Waals surface area (Å²) in [6.07, 6.45) is 6.45. The van der Waals surface area contributed by atoms with E-state index in [1.807, 2.05) is 6.26 Å². The van der Waals surface area contributed by atoms with Crippen LogP contribution in [0.2, 0.25) is 0 Å². The number of piperazine rings is 1. The summed E-state index contributed by atoms with van der Waals surface area (Å²) < 4.78 is 0.0480. The average molecular weight is 315 g/mol. The molecule has 1 saturated carbocycles. The van der Waals surface area contributed by atoms with Crippen molar-refractivity contribution >= 4 is 29.7 Å². The number of hydrogen-bond acceptors (Lipinski definition) is 4. The van der Waals surface area contributed by atoms with Crippen molar-refractivity contribution < 1.29 is 19.5 Å². The molecular formula is C13H21N3O4S. The van der Waals surface area contributed by atoms with E-state index in [1.54, 1.807) is 11.8 Å². The van der Waals surface area contributed by atoms with E-state index in [-0.39, 0.29) is 23.7 Å². The lowest BCUT2D eigenvalue weighted by atomic mass is 10.1. The number of hydrogen-bond donors (Lipinski definition) is 3. The molecule has 118 valence electrons. The fourth-order valence-corrected chi connectivity index (χ4v) is 3.80. The SMILES string of the molecule is CSC1(CNC(=O)N2CC(=O)NCC2C(=O)O)CCCC1. The number of urea groups is 1. The molecule has 7 nitrogen and oxygen atoms in total. The van der Waals surface area contributed by atoms with Gasteiger partial charge < -0.3 is 15.7 Å². The van der Waals surface area contributed by atoms with Crippen LogP contribution in [0.4, 0.5) is 4.79 Å². The lowest BCUT2D eigenvalue weighted by molar-refractivity contribution is -0.144. The first-order valence-corrected chi connectivity index (χ1v) is 8.29. The van der Waals surface area contributed by atoms with E-state index in [1.165, 1.54) is 0 Å². The van der Waals surface area contributed by atoms with E-state index >= 15 is 0 Å². The maximum Gasteiger partial charge on any atom is 0.328 e. The Kier molecular flexibility index (Phi) is 4.97. The molecule has 21 heavy (non-hydrogen) atoms. The molecule has 1 aliphatic carbocycles. The van der Waals surface area contributed by atoms with Gasteiger partial charge in [0.05, 0.1) is 0 Å². The fourth-order valence-electron chi connectivity index (χ4n) is 2.89. The zero-order chi connectivity index (χ0) is 15.5. The molecule has 2 aliphatic rings. The van der Waals surface area contributed by atoms with E-state index < -0.39 is 18.0 Å². The Labute approximate surface area is 127 Å². The van der Waals surface area contributed by atoms with E-state index in [9.17, 15) is 14.4 Å². The van der Waals surface area contributed by atoms with Crippen molar-refractivity contribution in [3.05, 3.63) is 0 Å². The molecule has 2 fully saturated rings. The largest absolute Gasteiger partial charge is 0.480 e. The minimum absolute atomic E-state index is 0.0464. The minimum Gasteiger partial charge on any atom is -0.480 e. The van der Waals surface area contributed by atoms with E-state index in [4.69, 9.17) is 5.11 Å². The fraction of sp³-hybridized carbons (Fsp3) is 0.769. The molecule has 0 aromatic rings. The Morgan fingerprint density at radius 1 is 1.48 bits per heavy atom. The molecule has 2 rings (SSSR count). The minimum atomic E-state index is -1.11. The Balaban J connectivity index is 1.97. The molecular weight excluding hydrogens is 294 g/mol. The number of nitrogens with one attached hydrogen (secondary N) is 2. The van der Waals surface area contributed by atoms with Gasteiger partial charge >= 0.3 is 12.0 Å². The lowest BCUT2D eigenvalue weighted by Crippen LogP contribution is -2.62. The van der Waals surface area contributed by atoms with E-state index in [0.29, 0.717) is 6.54 Å². The van der Waals surface area contributed by atoms with Gasteiger partial charge in [-0.1, -0.05) is 12.8 Å². The zero-order valence-corrected chi connectivity index (χ0v) is 12.9. The summed E-state index contributed by atoms with van der Waals surface area (Å²) in [5.41, 5.74) is 0. The number of carbonyl (C=O) groups excluding carboxylic acids is 2. The lowest BCUT2D eigenvalue weighted by Gasteiger charge is -2.34.